The number of benzene rings is 1. The Morgan fingerprint density at radius 2 is 2.00 bits per heavy atom. The number of para-hydroxylation sites is 1. The molecule has 4 heteroatoms. The van der Waals surface area contributed by atoms with Crippen LogP contribution in [0, 0.1) is 0 Å². The minimum absolute atomic E-state index is 0.230. The van der Waals surface area contributed by atoms with E-state index in [1.54, 1.807) is 18.3 Å². The summed E-state index contributed by atoms with van der Waals surface area (Å²) in [5, 5.41) is 2.77. The Kier molecular flexibility index (Phi) is 3.47. The standard InChI is InChI=1S/C13H13N3O/c14-9-10-6-7-15-12(8-10)13(17)16-11-4-2-1-3-5-11/h1-8H,9,14H2,(H,16,17). The zero-order chi connectivity index (χ0) is 12.1. The lowest BCUT2D eigenvalue weighted by Gasteiger charge is -2.05. The van der Waals surface area contributed by atoms with E-state index in [2.05, 4.69) is 10.3 Å². The zero-order valence-corrected chi connectivity index (χ0v) is 9.26. The second-order valence-electron chi connectivity index (χ2n) is 3.57. The molecule has 2 rings (SSSR count). The Labute approximate surface area is 99.5 Å². The van der Waals surface area contributed by atoms with E-state index in [1.807, 2.05) is 30.3 Å². The molecule has 0 spiro atoms. The number of carbonyl (C=O) groups excluding carboxylic acids is 1. The van der Waals surface area contributed by atoms with Crippen LogP contribution in [0.1, 0.15) is 16.1 Å². The van der Waals surface area contributed by atoms with Gasteiger partial charge in [-0.1, -0.05) is 18.2 Å². The van der Waals surface area contributed by atoms with Crippen molar-refractivity contribution in [3.05, 3.63) is 59.9 Å². The SMILES string of the molecule is NCc1ccnc(C(=O)Nc2ccccc2)c1. The number of anilines is 1. The average molecular weight is 227 g/mol. The molecule has 17 heavy (non-hydrogen) atoms. The molecular weight excluding hydrogens is 214 g/mol. The van der Waals surface area contributed by atoms with Gasteiger partial charge < -0.3 is 11.1 Å². The van der Waals surface area contributed by atoms with Crippen LogP contribution in [-0.2, 0) is 6.54 Å². The lowest BCUT2D eigenvalue weighted by molar-refractivity contribution is 0.102. The summed E-state index contributed by atoms with van der Waals surface area (Å²) < 4.78 is 0. The van der Waals surface area contributed by atoms with E-state index < -0.39 is 0 Å². The first-order valence-electron chi connectivity index (χ1n) is 5.31. The van der Waals surface area contributed by atoms with E-state index in [0.717, 1.165) is 11.3 Å². The van der Waals surface area contributed by atoms with E-state index in [-0.39, 0.29) is 5.91 Å². The molecule has 0 atom stereocenters. The lowest BCUT2D eigenvalue weighted by Crippen LogP contribution is -2.14. The molecule has 4 nitrogen and oxygen atoms in total. The topological polar surface area (TPSA) is 68.0 Å². The third-order valence-corrected chi connectivity index (χ3v) is 2.32. The largest absolute Gasteiger partial charge is 0.326 e. The predicted molar refractivity (Wildman–Crippen MR) is 66.5 cm³/mol. The Bertz CT molecular complexity index is 511. The zero-order valence-electron chi connectivity index (χ0n) is 9.26. The highest BCUT2D eigenvalue weighted by Gasteiger charge is 2.07. The van der Waals surface area contributed by atoms with Gasteiger partial charge in [0.2, 0.25) is 0 Å². The average Bonchev–Trinajstić information content (AvgIpc) is 2.40. The van der Waals surface area contributed by atoms with Crippen LogP contribution in [0.3, 0.4) is 0 Å². The normalized spacial score (nSPS) is 9.94. The summed E-state index contributed by atoms with van der Waals surface area (Å²) in [4.78, 5) is 15.9. The van der Waals surface area contributed by atoms with E-state index in [1.165, 1.54) is 0 Å². The maximum atomic E-state index is 11.9. The van der Waals surface area contributed by atoms with Gasteiger partial charge in [0, 0.05) is 18.4 Å². The van der Waals surface area contributed by atoms with Gasteiger partial charge in [0.15, 0.2) is 0 Å². The van der Waals surface area contributed by atoms with Crippen LogP contribution in [0.5, 0.6) is 0 Å². The van der Waals surface area contributed by atoms with E-state index in [4.69, 9.17) is 5.73 Å². The molecule has 1 amide bonds. The molecule has 1 aromatic carbocycles. The van der Waals surface area contributed by atoms with Gasteiger partial charge >= 0.3 is 0 Å². The molecule has 0 radical (unpaired) electrons. The molecule has 0 saturated heterocycles. The molecule has 0 bridgehead atoms. The molecule has 0 saturated carbocycles. The molecule has 2 aromatic rings. The number of rotatable bonds is 3. The Morgan fingerprint density at radius 3 is 2.71 bits per heavy atom. The summed E-state index contributed by atoms with van der Waals surface area (Å²) in [6.45, 7) is 0.397. The minimum atomic E-state index is -0.230. The van der Waals surface area contributed by atoms with E-state index in [9.17, 15) is 4.79 Å². The van der Waals surface area contributed by atoms with E-state index >= 15 is 0 Å². The lowest BCUT2D eigenvalue weighted by atomic mass is 10.2. The first kappa shape index (κ1) is 11.3. The number of nitrogens with zero attached hydrogens (tertiary/aromatic N) is 1. The van der Waals surface area contributed by atoms with Crippen molar-refractivity contribution in [2.45, 2.75) is 6.54 Å². The summed E-state index contributed by atoms with van der Waals surface area (Å²) in [5.41, 5.74) is 7.52. The third-order valence-electron chi connectivity index (χ3n) is 2.32. The Hall–Kier alpha value is -2.20. The highest BCUT2D eigenvalue weighted by molar-refractivity contribution is 6.02. The molecule has 1 heterocycles. The third kappa shape index (κ3) is 2.89. The van der Waals surface area contributed by atoms with Crippen LogP contribution in [0.15, 0.2) is 48.7 Å². The Balaban J connectivity index is 2.14. The van der Waals surface area contributed by atoms with Gasteiger partial charge in [-0.05, 0) is 29.8 Å². The van der Waals surface area contributed by atoms with Crippen molar-refractivity contribution in [3.8, 4) is 0 Å². The maximum Gasteiger partial charge on any atom is 0.274 e. The predicted octanol–water partition coefficient (Wildman–Crippen LogP) is 1.79. The highest BCUT2D eigenvalue weighted by Crippen LogP contribution is 2.08. The van der Waals surface area contributed by atoms with Gasteiger partial charge in [-0.2, -0.15) is 0 Å². The van der Waals surface area contributed by atoms with E-state index in [0.29, 0.717) is 12.2 Å². The van der Waals surface area contributed by atoms with Crippen LogP contribution >= 0.6 is 0 Å². The molecular formula is C13H13N3O. The van der Waals surface area contributed by atoms with Gasteiger partial charge in [-0.25, -0.2) is 0 Å². The van der Waals surface area contributed by atoms with Crippen molar-refractivity contribution in [1.29, 1.82) is 0 Å². The first-order valence-corrected chi connectivity index (χ1v) is 5.31. The van der Waals surface area contributed by atoms with Gasteiger partial charge in [-0.15, -0.1) is 0 Å². The quantitative estimate of drug-likeness (QED) is 0.840. The molecule has 0 fully saturated rings. The van der Waals surface area contributed by atoms with Crippen molar-refractivity contribution in [1.82, 2.24) is 4.98 Å². The van der Waals surface area contributed by atoms with Gasteiger partial charge in [0.1, 0.15) is 5.69 Å². The van der Waals surface area contributed by atoms with Gasteiger partial charge in [-0.3, -0.25) is 9.78 Å². The number of nitrogens with one attached hydrogen (secondary N) is 1. The summed E-state index contributed by atoms with van der Waals surface area (Å²) >= 11 is 0. The molecule has 0 unspecified atom stereocenters. The molecule has 0 aliphatic carbocycles. The van der Waals surface area contributed by atoms with Crippen LogP contribution in [-0.4, -0.2) is 10.9 Å². The number of aromatic nitrogens is 1. The fourth-order valence-electron chi connectivity index (χ4n) is 1.44. The summed E-state index contributed by atoms with van der Waals surface area (Å²) in [7, 11) is 0. The smallest absolute Gasteiger partial charge is 0.274 e. The van der Waals surface area contributed by atoms with Crippen molar-refractivity contribution in [3.63, 3.8) is 0 Å². The molecule has 0 aliphatic rings. The molecule has 86 valence electrons. The number of amides is 1. The number of nitrogens with two attached hydrogens (primary N) is 1. The summed E-state index contributed by atoms with van der Waals surface area (Å²) in [6, 6.07) is 12.7. The summed E-state index contributed by atoms with van der Waals surface area (Å²) in [5.74, 6) is -0.230. The molecule has 1 aromatic heterocycles. The van der Waals surface area contributed by atoms with Crippen molar-refractivity contribution in [2.75, 3.05) is 5.32 Å². The van der Waals surface area contributed by atoms with Crippen molar-refractivity contribution < 1.29 is 4.79 Å². The minimum Gasteiger partial charge on any atom is -0.326 e. The van der Waals surface area contributed by atoms with Crippen LogP contribution in [0.2, 0.25) is 0 Å². The number of carbonyl (C=O) groups is 1. The first-order chi connectivity index (χ1) is 8.29. The summed E-state index contributed by atoms with van der Waals surface area (Å²) in [6.07, 6.45) is 1.59. The maximum absolute atomic E-state index is 11.9. The van der Waals surface area contributed by atoms with Gasteiger partial charge in [0.05, 0.1) is 0 Å². The van der Waals surface area contributed by atoms with Crippen LogP contribution in [0.4, 0.5) is 5.69 Å². The fourth-order valence-corrected chi connectivity index (χ4v) is 1.44. The van der Waals surface area contributed by atoms with Crippen molar-refractivity contribution >= 4 is 11.6 Å². The molecule has 3 N–H and O–H groups in total. The number of hydrogen-bond acceptors (Lipinski definition) is 3. The fraction of sp³-hybridized carbons (Fsp3) is 0.0769. The number of hydrogen-bond donors (Lipinski definition) is 2. The second-order valence-corrected chi connectivity index (χ2v) is 3.57. The van der Waals surface area contributed by atoms with Crippen molar-refractivity contribution in [2.24, 2.45) is 5.73 Å². The van der Waals surface area contributed by atoms with Gasteiger partial charge in [0.25, 0.3) is 5.91 Å². The monoisotopic (exact) mass is 227 g/mol. The highest BCUT2D eigenvalue weighted by atomic mass is 16.1. The second kappa shape index (κ2) is 5.23. The van der Waals surface area contributed by atoms with Crippen LogP contribution in [0.25, 0.3) is 0 Å². The molecule has 0 aliphatic heterocycles. The van der Waals surface area contributed by atoms with Crippen LogP contribution < -0.4 is 11.1 Å². The number of pyridine rings is 1. The Morgan fingerprint density at radius 1 is 1.24 bits per heavy atom.